The van der Waals surface area contributed by atoms with E-state index in [0.717, 1.165) is 0 Å². The molecule has 0 saturated heterocycles. The highest BCUT2D eigenvalue weighted by Gasteiger charge is 2.13. The number of rotatable bonds is 4. The van der Waals surface area contributed by atoms with Gasteiger partial charge in [-0.15, -0.1) is 0 Å². The molecule has 19 heavy (non-hydrogen) atoms. The molecule has 2 rings (SSSR count). The van der Waals surface area contributed by atoms with Crippen molar-refractivity contribution < 1.29 is 19.0 Å². The average Bonchev–Trinajstić information content (AvgIpc) is 2.39. The predicted molar refractivity (Wildman–Crippen MR) is 70.0 cm³/mol. The summed E-state index contributed by atoms with van der Waals surface area (Å²) in [4.78, 5) is 11.2. The number of aromatic carboxylic acids is 1. The molecule has 0 heterocycles. The SMILES string of the molecule is CCOc1ccc(-c2cccc(F)c2)cc1C(=O)O. The summed E-state index contributed by atoms with van der Waals surface area (Å²) < 4.78 is 18.4. The van der Waals surface area contributed by atoms with Crippen LogP contribution >= 0.6 is 0 Å². The highest BCUT2D eigenvalue weighted by molar-refractivity contribution is 5.92. The lowest BCUT2D eigenvalue weighted by atomic mass is 10.0. The van der Waals surface area contributed by atoms with Gasteiger partial charge in [0.2, 0.25) is 0 Å². The molecule has 0 aromatic heterocycles. The summed E-state index contributed by atoms with van der Waals surface area (Å²) in [5, 5.41) is 9.16. The Morgan fingerprint density at radius 1 is 1.21 bits per heavy atom. The van der Waals surface area contributed by atoms with Crippen molar-refractivity contribution in [3.63, 3.8) is 0 Å². The highest BCUT2D eigenvalue weighted by atomic mass is 19.1. The van der Waals surface area contributed by atoms with Crippen LogP contribution in [-0.2, 0) is 0 Å². The Bertz CT molecular complexity index is 608. The average molecular weight is 260 g/mol. The minimum atomic E-state index is -1.07. The van der Waals surface area contributed by atoms with Gasteiger partial charge < -0.3 is 9.84 Å². The third-order valence-corrected chi connectivity index (χ3v) is 2.67. The van der Waals surface area contributed by atoms with Crippen LogP contribution < -0.4 is 4.74 Å². The molecule has 0 aliphatic carbocycles. The number of halogens is 1. The van der Waals surface area contributed by atoms with E-state index in [1.54, 1.807) is 31.2 Å². The molecule has 98 valence electrons. The van der Waals surface area contributed by atoms with Gasteiger partial charge >= 0.3 is 5.97 Å². The monoisotopic (exact) mass is 260 g/mol. The molecular formula is C15H13FO3. The molecule has 0 bridgehead atoms. The smallest absolute Gasteiger partial charge is 0.339 e. The maximum absolute atomic E-state index is 13.2. The van der Waals surface area contributed by atoms with E-state index in [9.17, 15) is 9.18 Å². The summed E-state index contributed by atoms with van der Waals surface area (Å²) in [5.41, 5.74) is 1.34. The Morgan fingerprint density at radius 3 is 2.58 bits per heavy atom. The summed E-state index contributed by atoms with van der Waals surface area (Å²) in [6.07, 6.45) is 0. The van der Waals surface area contributed by atoms with Crippen LogP contribution in [0.25, 0.3) is 11.1 Å². The highest BCUT2D eigenvalue weighted by Crippen LogP contribution is 2.27. The van der Waals surface area contributed by atoms with Crippen molar-refractivity contribution in [2.24, 2.45) is 0 Å². The molecule has 0 aliphatic heterocycles. The lowest BCUT2D eigenvalue weighted by Gasteiger charge is -2.09. The number of carbonyl (C=O) groups is 1. The Balaban J connectivity index is 2.49. The van der Waals surface area contributed by atoms with Crippen molar-refractivity contribution in [3.8, 4) is 16.9 Å². The molecule has 0 radical (unpaired) electrons. The van der Waals surface area contributed by atoms with E-state index in [1.807, 2.05) is 0 Å². The standard InChI is InChI=1S/C15H13FO3/c1-2-19-14-7-6-11(9-13(14)15(17)18)10-4-3-5-12(16)8-10/h3-9H,2H2,1H3,(H,17,18). The molecule has 0 fully saturated rings. The predicted octanol–water partition coefficient (Wildman–Crippen LogP) is 3.59. The van der Waals surface area contributed by atoms with Crippen molar-refractivity contribution in [2.75, 3.05) is 6.61 Å². The van der Waals surface area contributed by atoms with Crippen molar-refractivity contribution >= 4 is 5.97 Å². The zero-order valence-electron chi connectivity index (χ0n) is 10.4. The molecule has 0 aliphatic rings. The van der Waals surface area contributed by atoms with Crippen molar-refractivity contribution in [2.45, 2.75) is 6.92 Å². The molecule has 0 saturated carbocycles. The molecule has 3 nitrogen and oxygen atoms in total. The zero-order chi connectivity index (χ0) is 13.8. The number of ether oxygens (including phenoxy) is 1. The minimum absolute atomic E-state index is 0.0728. The van der Waals surface area contributed by atoms with Crippen LogP contribution in [0.3, 0.4) is 0 Å². The van der Waals surface area contributed by atoms with Crippen LogP contribution in [0.2, 0.25) is 0 Å². The van der Waals surface area contributed by atoms with Crippen LogP contribution in [-0.4, -0.2) is 17.7 Å². The second kappa shape index (κ2) is 5.52. The molecule has 0 amide bonds. The van der Waals surface area contributed by atoms with Gasteiger partial charge in [0.15, 0.2) is 0 Å². The van der Waals surface area contributed by atoms with Gasteiger partial charge in [0.05, 0.1) is 6.61 Å². The summed E-state index contributed by atoms with van der Waals surface area (Å²) in [7, 11) is 0. The molecule has 4 heteroatoms. The minimum Gasteiger partial charge on any atom is -0.493 e. The topological polar surface area (TPSA) is 46.5 Å². The molecule has 0 atom stereocenters. The van der Waals surface area contributed by atoms with Gasteiger partial charge in [0.25, 0.3) is 0 Å². The van der Waals surface area contributed by atoms with Gasteiger partial charge in [-0.3, -0.25) is 0 Å². The number of benzene rings is 2. The van der Waals surface area contributed by atoms with Gasteiger partial charge in [-0.2, -0.15) is 0 Å². The molecule has 1 N–H and O–H groups in total. The lowest BCUT2D eigenvalue weighted by Crippen LogP contribution is -2.03. The number of carboxylic acids is 1. The van der Waals surface area contributed by atoms with Gasteiger partial charge in [0.1, 0.15) is 17.1 Å². The van der Waals surface area contributed by atoms with Gasteiger partial charge in [-0.05, 0) is 42.3 Å². The van der Waals surface area contributed by atoms with E-state index in [-0.39, 0.29) is 11.4 Å². The van der Waals surface area contributed by atoms with Gasteiger partial charge in [0, 0.05) is 0 Å². The van der Waals surface area contributed by atoms with E-state index in [1.165, 1.54) is 18.2 Å². The largest absolute Gasteiger partial charge is 0.493 e. The van der Waals surface area contributed by atoms with E-state index in [4.69, 9.17) is 9.84 Å². The second-order valence-corrected chi connectivity index (χ2v) is 3.96. The normalized spacial score (nSPS) is 10.2. The van der Waals surface area contributed by atoms with E-state index < -0.39 is 5.97 Å². The summed E-state index contributed by atoms with van der Waals surface area (Å²) in [5.74, 6) is -1.11. The Labute approximate surface area is 110 Å². The molecular weight excluding hydrogens is 247 g/mol. The Kier molecular flexibility index (Phi) is 3.80. The van der Waals surface area contributed by atoms with Crippen molar-refractivity contribution in [3.05, 3.63) is 53.8 Å². The van der Waals surface area contributed by atoms with E-state index >= 15 is 0 Å². The Hall–Kier alpha value is -2.36. The van der Waals surface area contributed by atoms with Gasteiger partial charge in [-0.25, -0.2) is 9.18 Å². The first-order chi connectivity index (χ1) is 9.11. The molecule has 2 aromatic rings. The maximum atomic E-state index is 13.2. The molecule has 0 spiro atoms. The first kappa shape index (κ1) is 13.1. The van der Waals surface area contributed by atoms with Crippen LogP contribution in [0.5, 0.6) is 5.75 Å². The van der Waals surface area contributed by atoms with Crippen LogP contribution in [0.4, 0.5) is 4.39 Å². The van der Waals surface area contributed by atoms with Crippen molar-refractivity contribution in [1.82, 2.24) is 0 Å². The first-order valence-electron chi connectivity index (χ1n) is 5.88. The Morgan fingerprint density at radius 2 is 1.95 bits per heavy atom. The number of hydrogen-bond donors (Lipinski definition) is 1. The zero-order valence-corrected chi connectivity index (χ0v) is 10.4. The summed E-state index contributed by atoms with van der Waals surface area (Å²) in [6.45, 7) is 2.17. The quantitative estimate of drug-likeness (QED) is 0.913. The summed E-state index contributed by atoms with van der Waals surface area (Å²) >= 11 is 0. The lowest BCUT2D eigenvalue weighted by molar-refractivity contribution is 0.0692. The fourth-order valence-corrected chi connectivity index (χ4v) is 1.83. The van der Waals surface area contributed by atoms with Crippen molar-refractivity contribution in [1.29, 1.82) is 0 Å². The first-order valence-corrected chi connectivity index (χ1v) is 5.88. The summed E-state index contributed by atoms with van der Waals surface area (Å²) in [6, 6.07) is 10.8. The van der Waals surface area contributed by atoms with Gasteiger partial charge in [-0.1, -0.05) is 18.2 Å². The number of carboxylic acid groups (broad SMARTS) is 1. The number of hydrogen-bond acceptors (Lipinski definition) is 2. The van der Waals surface area contributed by atoms with Crippen LogP contribution in [0.15, 0.2) is 42.5 Å². The molecule has 0 unspecified atom stereocenters. The molecule has 2 aromatic carbocycles. The third kappa shape index (κ3) is 2.91. The van der Waals surface area contributed by atoms with E-state index in [0.29, 0.717) is 23.5 Å². The fourth-order valence-electron chi connectivity index (χ4n) is 1.83. The van der Waals surface area contributed by atoms with Crippen LogP contribution in [0.1, 0.15) is 17.3 Å². The van der Waals surface area contributed by atoms with E-state index in [2.05, 4.69) is 0 Å². The van der Waals surface area contributed by atoms with Crippen LogP contribution in [0, 0.1) is 5.82 Å². The maximum Gasteiger partial charge on any atom is 0.339 e. The fraction of sp³-hybridized carbons (Fsp3) is 0.133. The third-order valence-electron chi connectivity index (χ3n) is 2.67. The second-order valence-electron chi connectivity index (χ2n) is 3.96.